The maximum absolute atomic E-state index is 12.5. The fraction of sp³-hybridized carbons (Fsp3) is 0.273. The molecule has 0 aliphatic heterocycles. The molecule has 1 N–H and O–H groups in total. The van der Waals surface area contributed by atoms with Gasteiger partial charge in [-0.05, 0) is 6.07 Å². The first kappa shape index (κ1) is 14.0. The van der Waals surface area contributed by atoms with E-state index in [4.69, 9.17) is 9.84 Å². The molecule has 1 heterocycles. The zero-order chi connectivity index (χ0) is 13.8. The fourth-order valence-electron chi connectivity index (χ4n) is 1.20. The van der Waals surface area contributed by atoms with Gasteiger partial charge in [0.15, 0.2) is 0 Å². The third-order valence-electron chi connectivity index (χ3n) is 1.99. The van der Waals surface area contributed by atoms with Gasteiger partial charge in [0.1, 0.15) is 0 Å². The second-order valence-electron chi connectivity index (χ2n) is 3.32. The van der Waals surface area contributed by atoms with Gasteiger partial charge in [0, 0.05) is 11.8 Å². The molecule has 0 bridgehead atoms. The Morgan fingerprint density at radius 1 is 1.56 bits per heavy atom. The van der Waals surface area contributed by atoms with Gasteiger partial charge in [-0.1, -0.05) is 12.2 Å². The average molecular weight is 261 g/mol. The van der Waals surface area contributed by atoms with Gasteiger partial charge < -0.3 is 9.84 Å². The molecule has 0 unspecified atom stereocenters. The number of rotatable bonds is 4. The largest absolute Gasteiger partial charge is 0.481 e. The zero-order valence-corrected chi connectivity index (χ0v) is 9.36. The zero-order valence-electron chi connectivity index (χ0n) is 9.36. The molecule has 0 atom stereocenters. The first-order valence-electron chi connectivity index (χ1n) is 4.84. The molecule has 0 spiro atoms. The van der Waals surface area contributed by atoms with E-state index in [-0.39, 0.29) is 17.9 Å². The Labute approximate surface area is 101 Å². The molecule has 1 aromatic heterocycles. The van der Waals surface area contributed by atoms with Crippen LogP contribution in [0.4, 0.5) is 13.2 Å². The van der Waals surface area contributed by atoms with E-state index >= 15 is 0 Å². The van der Waals surface area contributed by atoms with E-state index in [0.29, 0.717) is 6.20 Å². The number of aliphatic carboxylic acids is 1. The molecule has 0 saturated heterocycles. The highest BCUT2D eigenvalue weighted by Crippen LogP contribution is 2.31. The molecule has 0 radical (unpaired) electrons. The Morgan fingerprint density at radius 3 is 2.72 bits per heavy atom. The van der Waals surface area contributed by atoms with Crippen LogP contribution in [0.2, 0.25) is 0 Å². The molecule has 1 aromatic rings. The van der Waals surface area contributed by atoms with E-state index in [9.17, 15) is 18.0 Å². The lowest BCUT2D eigenvalue weighted by atomic mass is 10.1. The maximum atomic E-state index is 12.5. The number of carboxylic acids is 1. The van der Waals surface area contributed by atoms with Crippen molar-refractivity contribution in [1.82, 2.24) is 4.98 Å². The molecule has 0 aliphatic carbocycles. The van der Waals surface area contributed by atoms with Crippen LogP contribution in [0, 0.1) is 0 Å². The van der Waals surface area contributed by atoms with Crippen LogP contribution < -0.4 is 4.74 Å². The third kappa shape index (κ3) is 3.76. The van der Waals surface area contributed by atoms with E-state index in [1.54, 1.807) is 0 Å². The fourth-order valence-corrected chi connectivity index (χ4v) is 1.20. The lowest BCUT2D eigenvalue weighted by Crippen LogP contribution is -2.06. The normalized spacial score (nSPS) is 11.8. The minimum atomic E-state index is -4.51. The third-order valence-corrected chi connectivity index (χ3v) is 1.99. The van der Waals surface area contributed by atoms with E-state index in [1.807, 2.05) is 0 Å². The lowest BCUT2D eigenvalue weighted by Gasteiger charge is -2.09. The summed E-state index contributed by atoms with van der Waals surface area (Å²) in [5, 5.41) is 8.42. The molecule has 0 aromatic carbocycles. The highest BCUT2D eigenvalue weighted by Gasteiger charge is 2.31. The minimum absolute atomic E-state index is 0.00430. The van der Waals surface area contributed by atoms with Crippen molar-refractivity contribution >= 4 is 12.0 Å². The van der Waals surface area contributed by atoms with Crippen LogP contribution in [0.15, 0.2) is 18.3 Å². The first-order valence-corrected chi connectivity index (χ1v) is 4.84. The van der Waals surface area contributed by atoms with Gasteiger partial charge in [-0.15, -0.1) is 0 Å². The predicted molar refractivity (Wildman–Crippen MR) is 57.1 cm³/mol. The van der Waals surface area contributed by atoms with E-state index < -0.39 is 17.7 Å². The topological polar surface area (TPSA) is 59.4 Å². The molecule has 1 rings (SSSR count). The van der Waals surface area contributed by atoms with Crippen molar-refractivity contribution in [2.24, 2.45) is 0 Å². The van der Waals surface area contributed by atoms with Crippen molar-refractivity contribution < 1.29 is 27.8 Å². The molecule has 4 nitrogen and oxygen atoms in total. The smallest absolute Gasteiger partial charge is 0.417 e. The van der Waals surface area contributed by atoms with Crippen LogP contribution in [0.3, 0.4) is 0 Å². The second kappa shape index (κ2) is 5.52. The summed E-state index contributed by atoms with van der Waals surface area (Å²) < 4.78 is 42.2. The number of aromatic nitrogens is 1. The van der Waals surface area contributed by atoms with Crippen LogP contribution in [0.25, 0.3) is 6.08 Å². The summed E-state index contributed by atoms with van der Waals surface area (Å²) in [4.78, 5) is 13.8. The van der Waals surface area contributed by atoms with Gasteiger partial charge in [-0.2, -0.15) is 13.2 Å². The van der Waals surface area contributed by atoms with Crippen LogP contribution in [-0.2, 0) is 11.0 Å². The van der Waals surface area contributed by atoms with Crippen molar-refractivity contribution in [3.63, 3.8) is 0 Å². The summed E-state index contributed by atoms with van der Waals surface area (Å²) in [5.74, 6) is -1.07. The summed E-state index contributed by atoms with van der Waals surface area (Å²) in [6.45, 7) is 0. The monoisotopic (exact) mass is 261 g/mol. The van der Waals surface area contributed by atoms with Crippen LogP contribution in [-0.4, -0.2) is 23.2 Å². The van der Waals surface area contributed by atoms with Crippen molar-refractivity contribution in [1.29, 1.82) is 0 Å². The van der Waals surface area contributed by atoms with Gasteiger partial charge in [-0.3, -0.25) is 4.79 Å². The van der Waals surface area contributed by atoms with E-state index in [2.05, 4.69) is 4.98 Å². The molecule has 0 aliphatic rings. The molecular weight excluding hydrogens is 251 g/mol. The Morgan fingerprint density at radius 2 is 2.22 bits per heavy atom. The quantitative estimate of drug-likeness (QED) is 0.905. The number of carboxylic acid groups (broad SMARTS) is 1. The summed E-state index contributed by atoms with van der Waals surface area (Å²) in [5.41, 5.74) is -0.841. The van der Waals surface area contributed by atoms with Crippen LogP contribution >= 0.6 is 0 Å². The first-order chi connectivity index (χ1) is 8.34. The number of pyridine rings is 1. The Bertz CT molecular complexity index is 469. The average Bonchev–Trinajstić information content (AvgIpc) is 2.27. The van der Waals surface area contributed by atoms with Crippen molar-refractivity contribution in [2.75, 3.05) is 7.11 Å². The molecular formula is C11H10F3NO3. The summed E-state index contributed by atoms with van der Waals surface area (Å²) in [7, 11) is 1.27. The van der Waals surface area contributed by atoms with E-state index in [0.717, 1.165) is 6.07 Å². The number of nitrogens with zero attached hydrogens (tertiary/aromatic N) is 1. The summed E-state index contributed by atoms with van der Waals surface area (Å²) in [6.07, 6.45) is -1.68. The molecule has 7 heteroatoms. The van der Waals surface area contributed by atoms with Crippen molar-refractivity contribution in [2.45, 2.75) is 12.6 Å². The van der Waals surface area contributed by atoms with Crippen molar-refractivity contribution in [3.8, 4) is 5.88 Å². The molecule has 0 fully saturated rings. The highest BCUT2D eigenvalue weighted by molar-refractivity contribution is 5.70. The SMILES string of the molecule is COc1ncc(C(F)(F)F)cc1C=CCC(=O)O. The summed E-state index contributed by atoms with van der Waals surface area (Å²) >= 11 is 0. The van der Waals surface area contributed by atoms with Crippen LogP contribution in [0.1, 0.15) is 17.5 Å². The standard InChI is InChI=1S/C11H10F3NO3/c1-18-10-7(3-2-4-9(16)17)5-8(6-15-10)11(12,13)14/h2-3,5-6H,4H2,1H3,(H,16,17). The predicted octanol–water partition coefficient (Wildman–Crippen LogP) is 2.60. The number of ether oxygens (including phenoxy) is 1. The molecule has 98 valence electrons. The number of methoxy groups -OCH3 is 1. The number of alkyl halides is 3. The molecule has 0 saturated carbocycles. The van der Waals surface area contributed by atoms with Crippen LogP contribution in [0.5, 0.6) is 5.88 Å². The Kier molecular flexibility index (Phi) is 4.30. The van der Waals surface area contributed by atoms with Gasteiger partial charge in [-0.25, -0.2) is 4.98 Å². The van der Waals surface area contributed by atoms with Crippen molar-refractivity contribution in [3.05, 3.63) is 29.5 Å². The molecule has 18 heavy (non-hydrogen) atoms. The Balaban J connectivity index is 3.07. The minimum Gasteiger partial charge on any atom is -0.481 e. The summed E-state index contributed by atoms with van der Waals surface area (Å²) in [6, 6.07) is 0.851. The van der Waals surface area contributed by atoms with E-state index in [1.165, 1.54) is 19.3 Å². The lowest BCUT2D eigenvalue weighted by molar-refractivity contribution is -0.138. The van der Waals surface area contributed by atoms with Gasteiger partial charge in [0.2, 0.25) is 5.88 Å². The number of halogens is 3. The second-order valence-corrected chi connectivity index (χ2v) is 3.32. The molecule has 0 amide bonds. The number of hydrogen-bond acceptors (Lipinski definition) is 3. The number of hydrogen-bond donors (Lipinski definition) is 1. The Hall–Kier alpha value is -2.05. The van der Waals surface area contributed by atoms with Gasteiger partial charge >= 0.3 is 12.1 Å². The highest BCUT2D eigenvalue weighted by atomic mass is 19.4. The van der Waals surface area contributed by atoms with Gasteiger partial charge in [0.05, 0.1) is 19.1 Å². The van der Waals surface area contributed by atoms with Gasteiger partial charge in [0.25, 0.3) is 0 Å². The maximum Gasteiger partial charge on any atom is 0.417 e. The number of carbonyl (C=O) groups is 1.